The third-order valence-corrected chi connectivity index (χ3v) is 2.83. The lowest BCUT2D eigenvalue weighted by Gasteiger charge is -2.15. The summed E-state index contributed by atoms with van der Waals surface area (Å²) in [6, 6.07) is 0.0118. The quantitative estimate of drug-likeness (QED) is 0.848. The Labute approximate surface area is 100 Å². The van der Waals surface area contributed by atoms with Crippen LogP contribution in [0, 0.1) is 0 Å². The van der Waals surface area contributed by atoms with E-state index in [-0.39, 0.29) is 6.03 Å². The summed E-state index contributed by atoms with van der Waals surface area (Å²) >= 11 is 0. The maximum atomic E-state index is 11.6. The van der Waals surface area contributed by atoms with E-state index in [2.05, 4.69) is 15.5 Å². The fraction of sp³-hybridized carbons (Fsp3) is 0.727. The minimum absolute atomic E-state index is 0.0118. The molecular formula is C11H18N4O2. The summed E-state index contributed by atoms with van der Waals surface area (Å²) < 4.78 is 5.04. The van der Waals surface area contributed by atoms with Gasteiger partial charge in [-0.25, -0.2) is 4.79 Å². The second kappa shape index (κ2) is 5.65. The molecule has 1 N–H and O–H groups in total. The van der Waals surface area contributed by atoms with E-state index in [1.807, 2.05) is 11.8 Å². The Hall–Kier alpha value is -1.59. The minimum atomic E-state index is 0.0118. The van der Waals surface area contributed by atoms with Crippen molar-refractivity contribution in [3.63, 3.8) is 0 Å². The fourth-order valence-corrected chi connectivity index (χ4v) is 1.84. The number of amides is 2. The van der Waals surface area contributed by atoms with Crippen LogP contribution in [0.1, 0.15) is 31.5 Å². The van der Waals surface area contributed by atoms with Crippen LogP contribution in [0.2, 0.25) is 0 Å². The van der Waals surface area contributed by atoms with Gasteiger partial charge in [0.25, 0.3) is 0 Å². The summed E-state index contributed by atoms with van der Waals surface area (Å²) in [5.41, 5.74) is 0. The Balaban J connectivity index is 1.69. The number of nitrogens with one attached hydrogen (secondary N) is 1. The van der Waals surface area contributed by atoms with Crippen molar-refractivity contribution < 1.29 is 9.32 Å². The summed E-state index contributed by atoms with van der Waals surface area (Å²) in [5.74, 6) is 1.30. The van der Waals surface area contributed by atoms with Gasteiger partial charge in [0.15, 0.2) is 5.82 Å². The van der Waals surface area contributed by atoms with E-state index < -0.39 is 0 Å². The van der Waals surface area contributed by atoms with E-state index in [0.29, 0.717) is 24.7 Å². The second-order valence-electron chi connectivity index (χ2n) is 4.13. The number of aromatic nitrogens is 2. The average Bonchev–Trinajstić information content (AvgIpc) is 3.00. The molecule has 0 unspecified atom stereocenters. The minimum Gasteiger partial charge on any atom is -0.339 e. The van der Waals surface area contributed by atoms with Gasteiger partial charge >= 0.3 is 6.03 Å². The molecule has 17 heavy (non-hydrogen) atoms. The molecule has 1 aliphatic heterocycles. The maximum absolute atomic E-state index is 11.6. The summed E-state index contributed by atoms with van der Waals surface area (Å²) in [6.07, 6.45) is 3.57. The zero-order valence-electron chi connectivity index (χ0n) is 10.1. The first-order valence-electron chi connectivity index (χ1n) is 6.14. The van der Waals surface area contributed by atoms with Crippen LogP contribution in [-0.2, 0) is 12.8 Å². The molecule has 2 amide bonds. The number of hydrogen-bond acceptors (Lipinski definition) is 4. The second-order valence-corrected chi connectivity index (χ2v) is 4.13. The molecule has 2 rings (SSSR count). The topological polar surface area (TPSA) is 71.3 Å². The van der Waals surface area contributed by atoms with Crippen molar-refractivity contribution in [3.05, 3.63) is 11.7 Å². The fourth-order valence-electron chi connectivity index (χ4n) is 1.84. The van der Waals surface area contributed by atoms with Gasteiger partial charge in [-0.1, -0.05) is 12.1 Å². The molecule has 1 aromatic heterocycles. The number of carbonyl (C=O) groups is 1. The highest BCUT2D eigenvalue weighted by Crippen LogP contribution is 2.06. The lowest BCUT2D eigenvalue weighted by molar-refractivity contribution is 0.208. The first-order valence-corrected chi connectivity index (χ1v) is 6.14. The first kappa shape index (κ1) is 11.9. The van der Waals surface area contributed by atoms with Crippen molar-refractivity contribution in [1.29, 1.82) is 0 Å². The predicted octanol–water partition coefficient (Wildman–Crippen LogP) is 0.980. The third kappa shape index (κ3) is 3.18. The summed E-state index contributed by atoms with van der Waals surface area (Å²) in [5, 5.41) is 6.66. The number of urea groups is 1. The van der Waals surface area contributed by atoms with E-state index in [1.54, 1.807) is 0 Å². The van der Waals surface area contributed by atoms with Crippen molar-refractivity contribution in [2.45, 2.75) is 32.6 Å². The molecule has 0 atom stereocenters. The zero-order valence-corrected chi connectivity index (χ0v) is 10.1. The average molecular weight is 238 g/mol. The molecule has 0 aromatic carbocycles. The summed E-state index contributed by atoms with van der Waals surface area (Å²) in [6.45, 7) is 4.25. The highest BCUT2D eigenvalue weighted by atomic mass is 16.5. The van der Waals surface area contributed by atoms with Crippen LogP contribution in [0.3, 0.4) is 0 Å². The van der Waals surface area contributed by atoms with Gasteiger partial charge in [-0.15, -0.1) is 0 Å². The van der Waals surface area contributed by atoms with Crippen LogP contribution < -0.4 is 5.32 Å². The lowest BCUT2D eigenvalue weighted by atomic mass is 10.4. The molecule has 0 bridgehead atoms. The normalized spacial score (nSPS) is 15.2. The molecule has 1 fully saturated rings. The van der Waals surface area contributed by atoms with E-state index in [4.69, 9.17) is 4.52 Å². The molecule has 0 spiro atoms. The van der Waals surface area contributed by atoms with Crippen LogP contribution in [0.4, 0.5) is 4.79 Å². The highest BCUT2D eigenvalue weighted by molar-refractivity contribution is 5.74. The molecule has 0 aliphatic carbocycles. The zero-order chi connectivity index (χ0) is 12.1. The lowest BCUT2D eigenvalue weighted by Crippen LogP contribution is -2.38. The predicted molar refractivity (Wildman–Crippen MR) is 61.6 cm³/mol. The molecule has 2 heterocycles. The Bertz CT molecular complexity index is 371. The number of carbonyl (C=O) groups excluding carboxylic acids is 1. The van der Waals surface area contributed by atoms with Crippen LogP contribution in [-0.4, -0.2) is 40.7 Å². The van der Waals surface area contributed by atoms with Crippen molar-refractivity contribution in [2.75, 3.05) is 19.6 Å². The molecule has 1 saturated heterocycles. The molecule has 1 aromatic rings. The van der Waals surface area contributed by atoms with Crippen LogP contribution in [0.15, 0.2) is 4.52 Å². The Kier molecular flexibility index (Phi) is 3.95. The SMILES string of the molecule is CCc1noc(CCNC(=O)N2CCCC2)n1. The van der Waals surface area contributed by atoms with Gasteiger partial charge in [-0.2, -0.15) is 4.98 Å². The number of hydrogen-bond donors (Lipinski definition) is 1. The number of rotatable bonds is 4. The molecule has 94 valence electrons. The van der Waals surface area contributed by atoms with E-state index >= 15 is 0 Å². The van der Waals surface area contributed by atoms with Gasteiger partial charge in [0.05, 0.1) is 0 Å². The Morgan fingerprint density at radius 2 is 2.24 bits per heavy atom. The van der Waals surface area contributed by atoms with Crippen LogP contribution in [0.25, 0.3) is 0 Å². The molecule has 0 radical (unpaired) electrons. The van der Waals surface area contributed by atoms with Crippen LogP contribution >= 0.6 is 0 Å². The maximum Gasteiger partial charge on any atom is 0.317 e. The number of nitrogens with zero attached hydrogens (tertiary/aromatic N) is 3. The molecular weight excluding hydrogens is 220 g/mol. The Morgan fingerprint density at radius 3 is 2.88 bits per heavy atom. The van der Waals surface area contributed by atoms with Crippen molar-refractivity contribution in [1.82, 2.24) is 20.4 Å². The monoisotopic (exact) mass is 238 g/mol. The van der Waals surface area contributed by atoms with Crippen molar-refractivity contribution in [3.8, 4) is 0 Å². The van der Waals surface area contributed by atoms with Gasteiger partial charge in [-0.05, 0) is 12.8 Å². The van der Waals surface area contributed by atoms with E-state index in [1.165, 1.54) is 0 Å². The molecule has 6 heteroatoms. The van der Waals surface area contributed by atoms with Gasteiger partial charge in [0.1, 0.15) is 0 Å². The van der Waals surface area contributed by atoms with Crippen molar-refractivity contribution in [2.24, 2.45) is 0 Å². The van der Waals surface area contributed by atoms with Gasteiger partial charge in [-0.3, -0.25) is 0 Å². The molecule has 0 saturated carbocycles. The highest BCUT2D eigenvalue weighted by Gasteiger charge is 2.17. The van der Waals surface area contributed by atoms with E-state index in [0.717, 1.165) is 32.4 Å². The van der Waals surface area contributed by atoms with Gasteiger partial charge in [0, 0.05) is 32.5 Å². The Morgan fingerprint density at radius 1 is 1.47 bits per heavy atom. The molecule has 6 nitrogen and oxygen atoms in total. The number of aryl methyl sites for hydroxylation is 1. The van der Waals surface area contributed by atoms with Gasteiger partial charge in [0.2, 0.25) is 5.89 Å². The smallest absolute Gasteiger partial charge is 0.317 e. The van der Waals surface area contributed by atoms with Gasteiger partial charge < -0.3 is 14.7 Å². The van der Waals surface area contributed by atoms with E-state index in [9.17, 15) is 4.79 Å². The van der Waals surface area contributed by atoms with Crippen LogP contribution in [0.5, 0.6) is 0 Å². The molecule has 1 aliphatic rings. The largest absolute Gasteiger partial charge is 0.339 e. The standard InChI is InChI=1S/C11H18N4O2/c1-2-9-13-10(17-14-9)5-6-12-11(16)15-7-3-4-8-15/h2-8H2,1H3,(H,12,16). The number of likely N-dealkylation sites (tertiary alicyclic amines) is 1. The third-order valence-electron chi connectivity index (χ3n) is 2.83. The van der Waals surface area contributed by atoms with Crippen molar-refractivity contribution >= 4 is 6.03 Å². The summed E-state index contributed by atoms with van der Waals surface area (Å²) in [7, 11) is 0. The summed E-state index contributed by atoms with van der Waals surface area (Å²) in [4.78, 5) is 17.7. The first-order chi connectivity index (χ1) is 8.29.